The summed E-state index contributed by atoms with van der Waals surface area (Å²) in [5.74, 6) is 0.329. The van der Waals surface area contributed by atoms with E-state index in [1.165, 1.54) is 4.88 Å². The number of nitrogens with zero attached hydrogens (tertiary/aromatic N) is 2. The van der Waals surface area contributed by atoms with Gasteiger partial charge in [-0.1, -0.05) is 0 Å². The molecule has 2 rings (SSSR count). The average Bonchev–Trinajstić information content (AvgIpc) is 3.02. The lowest BCUT2D eigenvalue weighted by Crippen LogP contribution is -2.29. The zero-order valence-corrected chi connectivity index (χ0v) is 12.5. The molecule has 0 spiro atoms. The van der Waals surface area contributed by atoms with Gasteiger partial charge in [0.1, 0.15) is 0 Å². The summed E-state index contributed by atoms with van der Waals surface area (Å²) in [6.07, 6.45) is 1.74. The Bertz CT molecular complexity index is 380. The first-order valence-corrected chi connectivity index (χ1v) is 7.85. The number of aliphatic hydroxyl groups excluding tert-OH is 1. The van der Waals surface area contributed by atoms with Crippen LogP contribution in [0.4, 0.5) is 5.13 Å². The van der Waals surface area contributed by atoms with Crippen LogP contribution in [-0.4, -0.2) is 48.9 Å². The highest BCUT2D eigenvalue weighted by Crippen LogP contribution is 2.22. The normalized spacial score (nSPS) is 22.9. The van der Waals surface area contributed by atoms with E-state index in [1.807, 2.05) is 6.20 Å². The van der Waals surface area contributed by atoms with Gasteiger partial charge < -0.3 is 20.6 Å². The number of hydrogen-bond donors (Lipinski definition) is 3. The molecule has 1 aliphatic heterocycles. The van der Waals surface area contributed by atoms with Crippen LogP contribution in [0.25, 0.3) is 0 Å². The van der Waals surface area contributed by atoms with Crippen LogP contribution in [0.3, 0.4) is 0 Å². The predicted octanol–water partition coefficient (Wildman–Crippen LogP) is 0.659. The number of rotatable bonds is 7. The van der Waals surface area contributed by atoms with Gasteiger partial charge in [-0.3, -0.25) is 0 Å². The van der Waals surface area contributed by atoms with E-state index in [0.29, 0.717) is 5.92 Å². The molecule has 3 N–H and O–H groups in total. The Labute approximate surface area is 119 Å². The van der Waals surface area contributed by atoms with Crippen LogP contribution >= 0.6 is 11.3 Å². The maximum absolute atomic E-state index is 9.71. The molecular weight excluding hydrogens is 260 g/mol. The van der Waals surface area contributed by atoms with E-state index in [1.54, 1.807) is 11.3 Å². The first-order valence-electron chi connectivity index (χ1n) is 7.03. The third-order valence-corrected chi connectivity index (χ3v) is 4.64. The molecular formula is C13H24N4OS. The largest absolute Gasteiger partial charge is 0.391 e. The SMILES string of the molecule is CCN(CC)c1ncc(CNCC2CNCC2O)s1. The Morgan fingerprint density at radius 1 is 1.47 bits per heavy atom. The minimum atomic E-state index is -0.208. The molecule has 1 aromatic rings. The van der Waals surface area contributed by atoms with Gasteiger partial charge in [0.15, 0.2) is 5.13 Å². The molecule has 5 nitrogen and oxygen atoms in total. The molecule has 1 saturated heterocycles. The molecule has 19 heavy (non-hydrogen) atoms. The molecule has 1 aliphatic rings. The molecule has 2 heterocycles. The van der Waals surface area contributed by atoms with Crippen molar-refractivity contribution in [3.63, 3.8) is 0 Å². The predicted molar refractivity (Wildman–Crippen MR) is 79.7 cm³/mol. The van der Waals surface area contributed by atoms with Gasteiger partial charge in [-0.2, -0.15) is 0 Å². The molecule has 6 heteroatoms. The second-order valence-corrected chi connectivity index (χ2v) is 5.99. The Morgan fingerprint density at radius 3 is 2.89 bits per heavy atom. The fourth-order valence-electron chi connectivity index (χ4n) is 2.33. The molecule has 0 aliphatic carbocycles. The van der Waals surface area contributed by atoms with E-state index in [9.17, 15) is 5.11 Å². The van der Waals surface area contributed by atoms with Crippen molar-refractivity contribution in [2.24, 2.45) is 5.92 Å². The summed E-state index contributed by atoms with van der Waals surface area (Å²) in [5.41, 5.74) is 0. The van der Waals surface area contributed by atoms with Gasteiger partial charge in [0, 0.05) is 56.3 Å². The third kappa shape index (κ3) is 3.89. The molecule has 0 aromatic carbocycles. The summed E-state index contributed by atoms with van der Waals surface area (Å²) >= 11 is 1.75. The highest BCUT2D eigenvalue weighted by atomic mass is 32.1. The molecule has 1 fully saturated rings. The Kier molecular flexibility index (Phi) is 5.57. The van der Waals surface area contributed by atoms with E-state index in [4.69, 9.17) is 0 Å². The number of anilines is 1. The number of nitrogens with one attached hydrogen (secondary N) is 2. The van der Waals surface area contributed by atoms with Gasteiger partial charge in [0.05, 0.1) is 6.10 Å². The minimum Gasteiger partial charge on any atom is -0.391 e. The smallest absolute Gasteiger partial charge is 0.185 e. The molecule has 0 bridgehead atoms. The van der Waals surface area contributed by atoms with Crippen LogP contribution < -0.4 is 15.5 Å². The monoisotopic (exact) mass is 284 g/mol. The fourth-order valence-corrected chi connectivity index (χ4v) is 3.33. The molecule has 2 unspecified atom stereocenters. The van der Waals surface area contributed by atoms with E-state index in [-0.39, 0.29) is 6.10 Å². The standard InChI is InChI=1S/C13H24N4OS/c1-3-17(4-2)13-16-8-11(19-13)7-14-5-10-6-15-9-12(10)18/h8,10,12,14-15,18H,3-7,9H2,1-2H3. The quantitative estimate of drug-likeness (QED) is 0.687. The number of thiazole rings is 1. The maximum Gasteiger partial charge on any atom is 0.185 e. The molecule has 0 radical (unpaired) electrons. The van der Waals surface area contributed by atoms with E-state index in [2.05, 4.69) is 34.4 Å². The first kappa shape index (κ1) is 14.7. The van der Waals surface area contributed by atoms with Gasteiger partial charge >= 0.3 is 0 Å². The summed E-state index contributed by atoms with van der Waals surface area (Å²) in [4.78, 5) is 7.98. The molecule has 0 saturated carbocycles. The van der Waals surface area contributed by atoms with Crippen LogP contribution in [-0.2, 0) is 6.54 Å². The van der Waals surface area contributed by atoms with Gasteiger partial charge in [0.2, 0.25) is 0 Å². The Morgan fingerprint density at radius 2 is 2.26 bits per heavy atom. The molecule has 2 atom stereocenters. The lowest BCUT2D eigenvalue weighted by molar-refractivity contribution is 0.146. The van der Waals surface area contributed by atoms with Crippen molar-refractivity contribution in [3.05, 3.63) is 11.1 Å². The Balaban J connectivity index is 1.77. The van der Waals surface area contributed by atoms with Crippen molar-refractivity contribution >= 4 is 16.5 Å². The summed E-state index contributed by atoms with van der Waals surface area (Å²) in [5, 5.41) is 17.4. The van der Waals surface area contributed by atoms with Crippen molar-refractivity contribution < 1.29 is 5.11 Å². The fraction of sp³-hybridized carbons (Fsp3) is 0.769. The zero-order chi connectivity index (χ0) is 13.7. The third-order valence-electron chi connectivity index (χ3n) is 3.59. The Hall–Kier alpha value is -0.690. The van der Waals surface area contributed by atoms with Gasteiger partial charge in [0.25, 0.3) is 0 Å². The highest BCUT2D eigenvalue weighted by Gasteiger charge is 2.24. The van der Waals surface area contributed by atoms with Crippen molar-refractivity contribution in [2.45, 2.75) is 26.5 Å². The van der Waals surface area contributed by atoms with E-state index < -0.39 is 0 Å². The van der Waals surface area contributed by atoms with Crippen molar-refractivity contribution in [2.75, 3.05) is 37.6 Å². The molecule has 0 amide bonds. The number of β-amino-alcohol motifs (C(OH)–C–C–N with tert-alkyl or cyclic N) is 1. The molecule has 108 valence electrons. The van der Waals surface area contributed by atoms with Crippen molar-refractivity contribution in [1.29, 1.82) is 0 Å². The van der Waals surface area contributed by atoms with Gasteiger partial charge in [-0.05, 0) is 13.8 Å². The summed E-state index contributed by atoms with van der Waals surface area (Å²) in [6, 6.07) is 0. The van der Waals surface area contributed by atoms with Gasteiger partial charge in [-0.25, -0.2) is 4.98 Å². The average molecular weight is 284 g/mol. The second kappa shape index (κ2) is 7.19. The summed E-state index contributed by atoms with van der Waals surface area (Å²) in [6.45, 7) is 9.61. The topological polar surface area (TPSA) is 60.4 Å². The highest BCUT2D eigenvalue weighted by molar-refractivity contribution is 7.15. The number of aromatic nitrogens is 1. The lowest BCUT2D eigenvalue weighted by Gasteiger charge is -2.16. The first-order chi connectivity index (χ1) is 9.24. The van der Waals surface area contributed by atoms with Gasteiger partial charge in [-0.15, -0.1) is 11.3 Å². The lowest BCUT2D eigenvalue weighted by atomic mass is 10.1. The number of aliphatic hydroxyl groups is 1. The van der Waals surface area contributed by atoms with E-state index in [0.717, 1.165) is 44.4 Å². The van der Waals surface area contributed by atoms with Crippen LogP contribution in [0, 0.1) is 5.92 Å². The second-order valence-electron chi connectivity index (χ2n) is 4.90. The van der Waals surface area contributed by atoms with Crippen LogP contribution in [0.15, 0.2) is 6.20 Å². The summed E-state index contributed by atoms with van der Waals surface area (Å²) in [7, 11) is 0. The van der Waals surface area contributed by atoms with Crippen LogP contribution in [0.1, 0.15) is 18.7 Å². The van der Waals surface area contributed by atoms with Crippen LogP contribution in [0.5, 0.6) is 0 Å². The zero-order valence-electron chi connectivity index (χ0n) is 11.7. The number of hydrogen-bond acceptors (Lipinski definition) is 6. The molecule has 1 aromatic heterocycles. The van der Waals surface area contributed by atoms with Crippen LogP contribution in [0.2, 0.25) is 0 Å². The van der Waals surface area contributed by atoms with Crippen molar-refractivity contribution in [3.8, 4) is 0 Å². The summed E-state index contributed by atoms with van der Waals surface area (Å²) < 4.78 is 0. The minimum absolute atomic E-state index is 0.208. The van der Waals surface area contributed by atoms with E-state index >= 15 is 0 Å². The maximum atomic E-state index is 9.71. The van der Waals surface area contributed by atoms with Crippen molar-refractivity contribution in [1.82, 2.24) is 15.6 Å².